The fraction of sp³-hybridized carbons (Fsp3) is 0.364. The van der Waals surface area contributed by atoms with E-state index in [0.717, 1.165) is 29.0 Å². The van der Waals surface area contributed by atoms with Crippen molar-refractivity contribution >= 4 is 35.2 Å². The molecule has 16 heavy (non-hydrogen) atoms. The van der Waals surface area contributed by atoms with Crippen molar-refractivity contribution < 1.29 is 0 Å². The van der Waals surface area contributed by atoms with Gasteiger partial charge in [-0.2, -0.15) is 11.8 Å². The number of halogens is 1. The van der Waals surface area contributed by atoms with Gasteiger partial charge < -0.3 is 10.7 Å². The van der Waals surface area contributed by atoms with Gasteiger partial charge in [-0.15, -0.1) is 12.4 Å². The van der Waals surface area contributed by atoms with E-state index in [-0.39, 0.29) is 18.4 Å². The zero-order valence-corrected chi connectivity index (χ0v) is 10.8. The number of hydrogen-bond acceptors (Lipinski definition) is 3. The van der Waals surface area contributed by atoms with E-state index in [1.54, 1.807) is 0 Å². The molecule has 0 saturated heterocycles. The predicted octanol–water partition coefficient (Wildman–Crippen LogP) is 2.74. The molecule has 88 valence electrons. The molecular formula is C11H16ClN3S. The molecule has 2 aromatic rings. The van der Waals surface area contributed by atoms with E-state index in [1.807, 2.05) is 36.0 Å². The molecule has 0 saturated carbocycles. The summed E-state index contributed by atoms with van der Waals surface area (Å²) < 4.78 is 0. The van der Waals surface area contributed by atoms with Gasteiger partial charge in [-0.05, 0) is 30.6 Å². The summed E-state index contributed by atoms with van der Waals surface area (Å²) in [5, 5.41) is 0. The maximum atomic E-state index is 6.04. The number of fused-ring (bicyclic) bond motifs is 1. The molecule has 5 heteroatoms. The van der Waals surface area contributed by atoms with Crippen molar-refractivity contribution in [2.75, 3.05) is 12.0 Å². The van der Waals surface area contributed by atoms with Gasteiger partial charge in [-0.25, -0.2) is 4.98 Å². The Balaban J connectivity index is 0.00000128. The van der Waals surface area contributed by atoms with Gasteiger partial charge in [0.25, 0.3) is 0 Å². The van der Waals surface area contributed by atoms with E-state index < -0.39 is 0 Å². The molecule has 3 nitrogen and oxygen atoms in total. The number of para-hydroxylation sites is 2. The normalized spacial score (nSPS) is 12.4. The van der Waals surface area contributed by atoms with Gasteiger partial charge in [0, 0.05) is 0 Å². The van der Waals surface area contributed by atoms with Crippen LogP contribution in [0.25, 0.3) is 11.0 Å². The molecule has 1 aromatic carbocycles. The Morgan fingerprint density at radius 3 is 2.88 bits per heavy atom. The Morgan fingerprint density at radius 1 is 1.44 bits per heavy atom. The lowest BCUT2D eigenvalue weighted by Crippen LogP contribution is -2.12. The third kappa shape index (κ3) is 2.90. The molecule has 0 aliphatic rings. The molecule has 0 bridgehead atoms. The van der Waals surface area contributed by atoms with E-state index in [2.05, 4.69) is 16.2 Å². The van der Waals surface area contributed by atoms with Crippen molar-refractivity contribution in [3.05, 3.63) is 30.1 Å². The maximum absolute atomic E-state index is 6.04. The number of rotatable bonds is 4. The van der Waals surface area contributed by atoms with E-state index in [1.165, 1.54) is 0 Å². The predicted molar refractivity (Wildman–Crippen MR) is 73.3 cm³/mol. The van der Waals surface area contributed by atoms with Crippen LogP contribution in [0.5, 0.6) is 0 Å². The van der Waals surface area contributed by atoms with Gasteiger partial charge in [0.1, 0.15) is 5.82 Å². The first-order valence-electron chi connectivity index (χ1n) is 5.00. The van der Waals surface area contributed by atoms with Crippen molar-refractivity contribution in [3.63, 3.8) is 0 Å². The third-order valence-electron chi connectivity index (χ3n) is 2.39. The van der Waals surface area contributed by atoms with Crippen molar-refractivity contribution in [2.45, 2.75) is 12.5 Å². The molecule has 0 unspecified atom stereocenters. The highest BCUT2D eigenvalue weighted by molar-refractivity contribution is 7.98. The first-order valence-corrected chi connectivity index (χ1v) is 6.40. The molecule has 1 heterocycles. The quantitative estimate of drug-likeness (QED) is 0.886. The number of H-pyrrole nitrogens is 1. The monoisotopic (exact) mass is 257 g/mol. The molecule has 0 aliphatic heterocycles. The van der Waals surface area contributed by atoms with Crippen LogP contribution < -0.4 is 5.73 Å². The number of aromatic amines is 1. The van der Waals surface area contributed by atoms with Crippen LogP contribution in [-0.2, 0) is 0 Å². The average molecular weight is 258 g/mol. The average Bonchev–Trinajstić information content (AvgIpc) is 2.69. The van der Waals surface area contributed by atoms with E-state index >= 15 is 0 Å². The molecule has 3 N–H and O–H groups in total. The van der Waals surface area contributed by atoms with Crippen LogP contribution >= 0.6 is 24.2 Å². The Bertz CT molecular complexity index is 410. The lowest BCUT2D eigenvalue weighted by Gasteiger charge is -2.06. The highest BCUT2D eigenvalue weighted by Gasteiger charge is 2.10. The van der Waals surface area contributed by atoms with Gasteiger partial charge in [0.2, 0.25) is 0 Å². The second-order valence-electron chi connectivity index (χ2n) is 3.53. The van der Waals surface area contributed by atoms with Gasteiger partial charge >= 0.3 is 0 Å². The number of nitrogens with two attached hydrogens (primary N) is 1. The fourth-order valence-electron chi connectivity index (χ4n) is 1.53. The lowest BCUT2D eigenvalue weighted by molar-refractivity contribution is 0.666. The minimum Gasteiger partial charge on any atom is -0.341 e. The fourth-order valence-corrected chi connectivity index (χ4v) is 2.02. The lowest BCUT2D eigenvalue weighted by atomic mass is 10.2. The number of thioether (sulfide) groups is 1. The van der Waals surface area contributed by atoms with Crippen LogP contribution in [-0.4, -0.2) is 22.0 Å². The largest absolute Gasteiger partial charge is 0.341 e. The van der Waals surface area contributed by atoms with Gasteiger partial charge in [-0.1, -0.05) is 12.1 Å². The summed E-state index contributed by atoms with van der Waals surface area (Å²) in [5.41, 5.74) is 8.09. The standard InChI is InChI=1S/C11H15N3S.ClH/c1-15-7-6-8(12)11-13-9-4-2-3-5-10(9)14-11;/h2-5,8H,6-7,12H2,1H3,(H,13,14);1H/t8-;/m0./s1. The van der Waals surface area contributed by atoms with E-state index in [4.69, 9.17) is 5.73 Å². The summed E-state index contributed by atoms with van der Waals surface area (Å²) in [4.78, 5) is 7.73. The first kappa shape index (κ1) is 13.4. The highest BCUT2D eigenvalue weighted by Crippen LogP contribution is 2.17. The molecular weight excluding hydrogens is 242 g/mol. The Kier molecular flexibility index (Phi) is 5.12. The van der Waals surface area contributed by atoms with Crippen molar-refractivity contribution in [3.8, 4) is 0 Å². The second kappa shape index (κ2) is 6.13. The molecule has 0 radical (unpaired) electrons. The third-order valence-corrected chi connectivity index (χ3v) is 3.04. The molecule has 0 spiro atoms. The van der Waals surface area contributed by atoms with Crippen LogP contribution in [0, 0.1) is 0 Å². The van der Waals surface area contributed by atoms with Crippen LogP contribution in [0.15, 0.2) is 24.3 Å². The summed E-state index contributed by atoms with van der Waals surface area (Å²) in [6.45, 7) is 0. The molecule has 2 rings (SSSR count). The molecule has 0 amide bonds. The van der Waals surface area contributed by atoms with Crippen molar-refractivity contribution in [2.24, 2.45) is 5.73 Å². The summed E-state index contributed by atoms with van der Waals surface area (Å²) in [5.74, 6) is 1.96. The van der Waals surface area contributed by atoms with Crippen molar-refractivity contribution in [1.29, 1.82) is 0 Å². The van der Waals surface area contributed by atoms with E-state index in [9.17, 15) is 0 Å². The SMILES string of the molecule is CSCC[C@H](N)c1nc2ccccc2[nH]1.Cl. The Hall–Kier alpha value is -0.710. The number of benzene rings is 1. The number of nitrogens with one attached hydrogen (secondary N) is 1. The minimum atomic E-state index is 0. The summed E-state index contributed by atoms with van der Waals surface area (Å²) >= 11 is 1.81. The van der Waals surface area contributed by atoms with Crippen LogP contribution in [0.3, 0.4) is 0 Å². The van der Waals surface area contributed by atoms with E-state index in [0.29, 0.717) is 0 Å². The highest BCUT2D eigenvalue weighted by atomic mass is 35.5. The van der Waals surface area contributed by atoms with Gasteiger partial charge in [0.05, 0.1) is 17.1 Å². The zero-order valence-electron chi connectivity index (χ0n) is 9.14. The summed E-state index contributed by atoms with van der Waals surface area (Å²) in [6.07, 6.45) is 3.05. The second-order valence-corrected chi connectivity index (χ2v) is 4.51. The molecule has 0 aliphatic carbocycles. The number of hydrogen-bond donors (Lipinski definition) is 2. The molecule has 1 atom stereocenters. The molecule has 0 fully saturated rings. The van der Waals surface area contributed by atoms with Crippen molar-refractivity contribution in [1.82, 2.24) is 9.97 Å². The maximum Gasteiger partial charge on any atom is 0.124 e. The Morgan fingerprint density at radius 2 is 2.19 bits per heavy atom. The Labute approximate surface area is 106 Å². The first-order chi connectivity index (χ1) is 7.31. The number of aromatic nitrogens is 2. The van der Waals surface area contributed by atoms with Gasteiger partial charge in [0.15, 0.2) is 0 Å². The minimum absolute atomic E-state index is 0. The topological polar surface area (TPSA) is 54.7 Å². The molecule has 1 aromatic heterocycles. The van der Waals surface area contributed by atoms with Crippen LogP contribution in [0.1, 0.15) is 18.3 Å². The summed E-state index contributed by atoms with van der Waals surface area (Å²) in [7, 11) is 0. The number of imidazole rings is 1. The zero-order chi connectivity index (χ0) is 10.7. The summed E-state index contributed by atoms with van der Waals surface area (Å²) in [6, 6.07) is 8.02. The number of nitrogens with zero attached hydrogens (tertiary/aromatic N) is 1. The smallest absolute Gasteiger partial charge is 0.124 e. The van der Waals surface area contributed by atoms with Gasteiger partial charge in [-0.3, -0.25) is 0 Å². The van der Waals surface area contributed by atoms with Crippen LogP contribution in [0.4, 0.5) is 0 Å². The van der Waals surface area contributed by atoms with Crippen LogP contribution in [0.2, 0.25) is 0 Å².